The Bertz CT molecular complexity index is 1080. The van der Waals surface area contributed by atoms with Crippen LogP contribution in [0.25, 0.3) is 0 Å². The van der Waals surface area contributed by atoms with Crippen molar-refractivity contribution >= 4 is 17.4 Å². The van der Waals surface area contributed by atoms with Crippen LogP contribution in [-0.4, -0.2) is 55.5 Å². The van der Waals surface area contributed by atoms with Crippen LogP contribution in [0.3, 0.4) is 0 Å². The van der Waals surface area contributed by atoms with Gasteiger partial charge in [0.05, 0.1) is 14.2 Å². The molecule has 0 unspecified atom stereocenters. The minimum absolute atomic E-state index is 0.177. The number of anilines is 2. The van der Waals surface area contributed by atoms with Gasteiger partial charge in [0.1, 0.15) is 11.5 Å². The van der Waals surface area contributed by atoms with Crippen molar-refractivity contribution in [1.29, 1.82) is 0 Å². The SMILES string of the molecule is COc1cc(CCc2cc(NC(=O)c3ccc(N4C[C@@H](C)N[C@H](C)C4)cc3)n[nH]2)cc(OC)c1. The molecular formula is C26H33N5O3. The number of rotatable bonds is 8. The number of ether oxygens (including phenoxy) is 2. The molecule has 34 heavy (non-hydrogen) atoms. The highest BCUT2D eigenvalue weighted by atomic mass is 16.5. The topological polar surface area (TPSA) is 91.5 Å². The van der Waals surface area contributed by atoms with Crippen LogP contribution >= 0.6 is 0 Å². The molecule has 0 spiro atoms. The molecule has 1 aliphatic rings. The zero-order valence-electron chi connectivity index (χ0n) is 20.2. The van der Waals surface area contributed by atoms with E-state index in [0.717, 1.165) is 54.4 Å². The Balaban J connectivity index is 1.33. The number of hydrogen-bond acceptors (Lipinski definition) is 6. The number of nitrogens with one attached hydrogen (secondary N) is 3. The van der Waals surface area contributed by atoms with Crippen LogP contribution in [-0.2, 0) is 12.8 Å². The number of hydrogen-bond donors (Lipinski definition) is 3. The highest BCUT2D eigenvalue weighted by molar-refractivity contribution is 6.03. The van der Waals surface area contributed by atoms with Gasteiger partial charge >= 0.3 is 0 Å². The summed E-state index contributed by atoms with van der Waals surface area (Å²) in [6.07, 6.45) is 1.53. The molecule has 0 bridgehead atoms. The maximum atomic E-state index is 12.7. The Labute approximate surface area is 200 Å². The molecule has 0 saturated carbocycles. The molecule has 4 rings (SSSR count). The number of methoxy groups -OCH3 is 2. The molecule has 3 N–H and O–H groups in total. The summed E-state index contributed by atoms with van der Waals surface area (Å²) >= 11 is 0. The number of H-pyrrole nitrogens is 1. The van der Waals surface area contributed by atoms with Gasteiger partial charge < -0.3 is 25.0 Å². The van der Waals surface area contributed by atoms with Crippen LogP contribution in [0, 0.1) is 0 Å². The highest BCUT2D eigenvalue weighted by Gasteiger charge is 2.21. The fourth-order valence-electron chi connectivity index (χ4n) is 4.39. The van der Waals surface area contributed by atoms with Crippen LogP contribution in [0.15, 0.2) is 48.5 Å². The summed E-state index contributed by atoms with van der Waals surface area (Å²) < 4.78 is 10.7. The van der Waals surface area contributed by atoms with Gasteiger partial charge in [-0.2, -0.15) is 5.10 Å². The molecule has 3 aromatic rings. The number of nitrogens with zero attached hydrogens (tertiary/aromatic N) is 2. The minimum atomic E-state index is -0.177. The third kappa shape index (κ3) is 5.88. The second-order valence-electron chi connectivity index (χ2n) is 8.87. The number of aryl methyl sites for hydroxylation is 2. The molecule has 0 radical (unpaired) electrons. The first-order valence-electron chi connectivity index (χ1n) is 11.6. The molecule has 8 heteroatoms. The summed E-state index contributed by atoms with van der Waals surface area (Å²) in [6, 6.07) is 16.3. The van der Waals surface area contributed by atoms with Gasteiger partial charge in [0.25, 0.3) is 5.91 Å². The van der Waals surface area contributed by atoms with Gasteiger partial charge in [-0.05, 0) is 68.7 Å². The molecule has 180 valence electrons. The quantitative estimate of drug-likeness (QED) is 0.472. The summed E-state index contributed by atoms with van der Waals surface area (Å²) in [5, 5.41) is 13.7. The fraction of sp³-hybridized carbons (Fsp3) is 0.385. The first-order chi connectivity index (χ1) is 16.4. The van der Waals surface area contributed by atoms with Crippen molar-refractivity contribution < 1.29 is 14.3 Å². The van der Waals surface area contributed by atoms with E-state index in [0.29, 0.717) is 23.5 Å². The largest absolute Gasteiger partial charge is 0.497 e. The number of aromatic nitrogens is 2. The smallest absolute Gasteiger partial charge is 0.256 e. The van der Waals surface area contributed by atoms with Crippen LogP contribution in [0.1, 0.15) is 35.5 Å². The first-order valence-corrected chi connectivity index (χ1v) is 11.6. The number of aromatic amines is 1. The number of carbonyl (C=O) groups is 1. The van der Waals surface area contributed by atoms with Gasteiger partial charge in [-0.25, -0.2) is 0 Å². The molecule has 1 amide bonds. The molecule has 1 aromatic heterocycles. The van der Waals surface area contributed by atoms with Gasteiger partial charge in [-0.15, -0.1) is 0 Å². The summed E-state index contributed by atoms with van der Waals surface area (Å²) in [5.41, 5.74) is 3.78. The lowest BCUT2D eigenvalue weighted by molar-refractivity contribution is 0.102. The molecular weight excluding hydrogens is 430 g/mol. The lowest BCUT2D eigenvalue weighted by atomic mass is 10.1. The summed E-state index contributed by atoms with van der Waals surface area (Å²) in [4.78, 5) is 15.1. The zero-order valence-corrected chi connectivity index (χ0v) is 20.2. The Morgan fingerprint density at radius 1 is 1.00 bits per heavy atom. The van der Waals surface area contributed by atoms with Gasteiger partial charge in [-0.3, -0.25) is 9.89 Å². The standard InChI is InChI=1S/C26H33N5O3/c1-17-15-31(16-18(2)27-17)22-9-6-20(7-10-22)26(32)28-25-13-21(29-30-25)8-5-19-11-23(33-3)14-24(12-19)34-4/h6-7,9-14,17-18,27H,5,8,15-16H2,1-4H3,(H2,28,29,30,32)/t17-,18-/m1/s1. The van der Waals surface area contributed by atoms with E-state index in [9.17, 15) is 4.79 Å². The lowest BCUT2D eigenvalue weighted by Gasteiger charge is -2.37. The zero-order chi connectivity index (χ0) is 24.1. The van der Waals surface area contributed by atoms with E-state index < -0.39 is 0 Å². The van der Waals surface area contributed by atoms with Gasteiger partial charge in [-0.1, -0.05) is 0 Å². The second kappa shape index (κ2) is 10.6. The fourth-order valence-corrected chi connectivity index (χ4v) is 4.39. The van der Waals surface area contributed by atoms with E-state index in [2.05, 4.69) is 39.6 Å². The molecule has 1 aliphatic heterocycles. The van der Waals surface area contributed by atoms with Crippen LogP contribution in [0.4, 0.5) is 11.5 Å². The van der Waals surface area contributed by atoms with E-state index in [1.165, 1.54) is 0 Å². The Morgan fingerprint density at radius 2 is 1.65 bits per heavy atom. The maximum Gasteiger partial charge on any atom is 0.256 e. The summed E-state index contributed by atoms with van der Waals surface area (Å²) in [7, 11) is 3.28. The van der Waals surface area contributed by atoms with E-state index in [1.54, 1.807) is 14.2 Å². The Kier molecular flexibility index (Phi) is 7.37. The van der Waals surface area contributed by atoms with Crippen molar-refractivity contribution in [3.8, 4) is 11.5 Å². The lowest BCUT2D eigenvalue weighted by Crippen LogP contribution is -2.54. The van der Waals surface area contributed by atoms with Crippen LogP contribution in [0.2, 0.25) is 0 Å². The molecule has 8 nitrogen and oxygen atoms in total. The van der Waals surface area contributed by atoms with Crippen molar-refractivity contribution in [2.24, 2.45) is 0 Å². The first kappa shape index (κ1) is 23.6. The number of amides is 1. The van der Waals surface area contributed by atoms with Gasteiger partial charge in [0.2, 0.25) is 0 Å². The molecule has 2 atom stereocenters. The average Bonchev–Trinajstić information content (AvgIpc) is 3.29. The minimum Gasteiger partial charge on any atom is -0.497 e. The predicted molar refractivity (Wildman–Crippen MR) is 134 cm³/mol. The second-order valence-corrected chi connectivity index (χ2v) is 8.87. The van der Waals surface area contributed by atoms with Crippen molar-refractivity contribution in [2.75, 3.05) is 37.5 Å². The summed E-state index contributed by atoms with van der Waals surface area (Å²) in [6.45, 7) is 6.29. The molecule has 1 fully saturated rings. The van der Waals surface area contributed by atoms with Crippen LogP contribution in [0.5, 0.6) is 11.5 Å². The van der Waals surface area contributed by atoms with Gasteiger partial charge in [0.15, 0.2) is 5.82 Å². The molecule has 1 saturated heterocycles. The molecule has 0 aliphatic carbocycles. The van der Waals surface area contributed by atoms with Crippen molar-refractivity contribution in [3.05, 3.63) is 65.4 Å². The summed E-state index contributed by atoms with van der Waals surface area (Å²) in [5.74, 6) is 1.86. The molecule has 2 heterocycles. The van der Waals surface area contributed by atoms with Crippen LogP contribution < -0.4 is 25.0 Å². The normalized spacial score (nSPS) is 17.9. The molecule has 2 aromatic carbocycles. The Hall–Kier alpha value is -3.52. The monoisotopic (exact) mass is 463 g/mol. The average molecular weight is 464 g/mol. The van der Waals surface area contributed by atoms with E-state index in [-0.39, 0.29) is 5.91 Å². The maximum absolute atomic E-state index is 12.7. The number of carbonyl (C=O) groups excluding carboxylic acids is 1. The number of benzene rings is 2. The predicted octanol–water partition coefficient (Wildman–Crippen LogP) is 3.65. The number of piperazine rings is 1. The van der Waals surface area contributed by atoms with Crippen molar-refractivity contribution in [3.63, 3.8) is 0 Å². The Morgan fingerprint density at radius 3 is 2.26 bits per heavy atom. The van der Waals surface area contributed by atoms with E-state index in [4.69, 9.17) is 9.47 Å². The van der Waals surface area contributed by atoms with Gasteiger partial charge in [0, 0.05) is 54.3 Å². The van der Waals surface area contributed by atoms with Crippen molar-refractivity contribution in [1.82, 2.24) is 15.5 Å². The highest BCUT2D eigenvalue weighted by Crippen LogP contribution is 2.24. The third-order valence-electron chi connectivity index (χ3n) is 6.02. The third-order valence-corrected chi connectivity index (χ3v) is 6.02. The van der Waals surface area contributed by atoms with E-state index >= 15 is 0 Å². The van der Waals surface area contributed by atoms with Crippen molar-refractivity contribution in [2.45, 2.75) is 38.8 Å². The van der Waals surface area contributed by atoms with E-state index in [1.807, 2.05) is 48.5 Å².